The van der Waals surface area contributed by atoms with Gasteiger partial charge in [0.1, 0.15) is 0 Å². The second-order valence-electron chi connectivity index (χ2n) is 6.38. The Kier molecular flexibility index (Phi) is 5.41. The highest BCUT2D eigenvalue weighted by Crippen LogP contribution is 2.24. The Morgan fingerprint density at radius 3 is 2.32 bits per heavy atom. The summed E-state index contributed by atoms with van der Waals surface area (Å²) in [6, 6.07) is 12.0. The first-order valence-corrected chi connectivity index (χ1v) is 7.68. The van der Waals surface area contributed by atoms with Gasteiger partial charge in [-0.15, -0.1) is 0 Å². The van der Waals surface area contributed by atoms with Gasteiger partial charge in [0.25, 0.3) is 0 Å². The van der Waals surface area contributed by atoms with Crippen LogP contribution in [-0.2, 0) is 6.54 Å². The minimum Gasteiger partial charge on any atom is -0.328 e. The molecule has 0 amide bonds. The van der Waals surface area contributed by atoms with Crippen LogP contribution in [0, 0.1) is 5.92 Å². The molecule has 0 saturated heterocycles. The zero-order valence-electron chi connectivity index (χ0n) is 12.4. The molecule has 2 N–H and O–H groups in total. The lowest BCUT2D eigenvalue weighted by Gasteiger charge is -2.37. The molecule has 1 saturated carbocycles. The van der Waals surface area contributed by atoms with Gasteiger partial charge in [-0.2, -0.15) is 0 Å². The number of hydrogen-bond acceptors (Lipinski definition) is 2. The van der Waals surface area contributed by atoms with Crippen molar-refractivity contribution in [3.63, 3.8) is 0 Å². The molecular formula is C17H28N2. The first kappa shape index (κ1) is 14.5. The molecule has 106 valence electrons. The van der Waals surface area contributed by atoms with Gasteiger partial charge in [-0.05, 0) is 37.2 Å². The lowest BCUT2D eigenvalue weighted by atomic mass is 9.90. The van der Waals surface area contributed by atoms with Crippen LogP contribution in [0.15, 0.2) is 30.3 Å². The molecule has 0 aromatic heterocycles. The largest absolute Gasteiger partial charge is 0.328 e. The Bertz CT molecular complexity index is 353. The molecule has 1 aromatic rings. The highest BCUT2D eigenvalue weighted by atomic mass is 15.2. The molecule has 1 aliphatic carbocycles. The molecule has 19 heavy (non-hydrogen) atoms. The van der Waals surface area contributed by atoms with Gasteiger partial charge in [0.05, 0.1) is 0 Å². The molecule has 1 aromatic carbocycles. The summed E-state index contributed by atoms with van der Waals surface area (Å²) in [5, 5.41) is 0. The standard InChI is InChI=1S/C17H28N2/c1-14(2)12-19(13-15-6-4-3-5-7-15)17-10-8-16(18)9-11-17/h3-7,14,16-17H,8-13,18H2,1-2H3. The Labute approximate surface area is 118 Å². The summed E-state index contributed by atoms with van der Waals surface area (Å²) >= 11 is 0. The predicted molar refractivity (Wildman–Crippen MR) is 81.9 cm³/mol. The van der Waals surface area contributed by atoms with Crippen molar-refractivity contribution in [1.29, 1.82) is 0 Å². The first-order valence-electron chi connectivity index (χ1n) is 7.68. The third kappa shape index (κ3) is 4.63. The van der Waals surface area contributed by atoms with E-state index in [9.17, 15) is 0 Å². The molecule has 0 spiro atoms. The van der Waals surface area contributed by atoms with Gasteiger partial charge < -0.3 is 5.73 Å². The summed E-state index contributed by atoms with van der Waals surface area (Å²) in [5.41, 5.74) is 7.46. The highest BCUT2D eigenvalue weighted by molar-refractivity contribution is 5.14. The van der Waals surface area contributed by atoms with Gasteiger partial charge >= 0.3 is 0 Å². The molecule has 0 heterocycles. The van der Waals surface area contributed by atoms with Crippen LogP contribution in [-0.4, -0.2) is 23.5 Å². The summed E-state index contributed by atoms with van der Waals surface area (Å²) in [7, 11) is 0. The van der Waals surface area contributed by atoms with Crippen LogP contribution in [0.3, 0.4) is 0 Å². The van der Waals surface area contributed by atoms with Gasteiger partial charge in [-0.3, -0.25) is 4.90 Å². The lowest BCUT2D eigenvalue weighted by molar-refractivity contribution is 0.127. The first-order chi connectivity index (χ1) is 9.15. The Morgan fingerprint density at radius 1 is 1.11 bits per heavy atom. The third-order valence-corrected chi connectivity index (χ3v) is 4.09. The van der Waals surface area contributed by atoms with Crippen LogP contribution in [0.2, 0.25) is 0 Å². The Hall–Kier alpha value is -0.860. The summed E-state index contributed by atoms with van der Waals surface area (Å²) in [4.78, 5) is 2.67. The second-order valence-corrected chi connectivity index (χ2v) is 6.38. The summed E-state index contributed by atoms with van der Waals surface area (Å²) in [6.07, 6.45) is 4.91. The monoisotopic (exact) mass is 260 g/mol. The van der Waals surface area contributed by atoms with Gasteiger partial charge in [-0.1, -0.05) is 44.2 Å². The van der Waals surface area contributed by atoms with Crippen molar-refractivity contribution >= 4 is 0 Å². The SMILES string of the molecule is CC(C)CN(Cc1ccccc1)C1CCC(N)CC1. The fourth-order valence-electron chi connectivity index (χ4n) is 3.10. The van der Waals surface area contributed by atoms with E-state index in [2.05, 4.69) is 49.1 Å². The maximum absolute atomic E-state index is 6.03. The number of rotatable bonds is 5. The minimum absolute atomic E-state index is 0.439. The van der Waals surface area contributed by atoms with E-state index in [-0.39, 0.29) is 0 Å². The molecule has 2 nitrogen and oxygen atoms in total. The average molecular weight is 260 g/mol. The van der Waals surface area contributed by atoms with Crippen LogP contribution in [0.1, 0.15) is 45.1 Å². The molecule has 2 heteroatoms. The molecule has 2 rings (SSSR count). The zero-order chi connectivity index (χ0) is 13.7. The van der Waals surface area contributed by atoms with Gasteiger partial charge in [0.2, 0.25) is 0 Å². The van der Waals surface area contributed by atoms with Crippen LogP contribution >= 0.6 is 0 Å². The van der Waals surface area contributed by atoms with E-state index in [1.165, 1.54) is 37.8 Å². The number of nitrogens with zero attached hydrogens (tertiary/aromatic N) is 1. The number of nitrogens with two attached hydrogens (primary N) is 1. The maximum atomic E-state index is 6.03. The van der Waals surface area contributed by atoms with Crippen LogP contribution in [0.4, 0.5) is 0 Å². The van der Waals surface area contributed by atoms with E-state index < -0.39 is 0 Å². The van der Waals surface area contributed by atoms with Crippen LogP contribution < -0.4 is 5.73 Å². The molecule has 0 bridgehead atoms. The van der Waals surface area contributed by atoms with Gasteiger partial charge in [0, 0.05) is 25.2 Å². The normalized spacial score (nSPS) is 24.1. The maximum Gasteiger partial charge on any atom is 0.0236 e. The molecule has 0 radical (unpaired) electrons. The fraction of sp³-hybridized carbons (Fsp3) is 0.647. The second kappa shape index (κ2) is 7.06. The number of benzene rings is 1. The van der Waals surface area contributed by atoms with E-state index in [0.717, 1.165) is 18.5 Å². The third-order valence-electron chi connectivity index (χ3n) is 4.09. The summed E-state index contributed by atoms with van der Waals surface area (Å²) < 4.78 is 0. The van der Waals surface area contributed by atoms with Crippen molar-refractivity contribution in [2.24, 2.45) is 11.7 Å². The van der Waals surface area contributed by atoms with Gasteiger partial charge in [0.15, 0.2) is 0 Å². The van der Waals surface area contributed by atoms with E-state index in [1.54, 1.807) is 0 Å². The molecule has 1 fully saturated rings. The quantitative estimate of drug-likeness (QED) is 0.879. The smallest absolute Gasteiger partial charge is 0.0236 e. The average Bonchev–Trinajstić information content (AvgIpc) is 2.39. The van der Waals surface area contributed by atoms with E-state index in [1.807, 2.05) is 0 Å². The van der Waals surface area contributed by atoms with Crippen LogP contribution in [0.5, 0.6) is 0 Å². The van der Waals surface area contributed by atoms with Crippen molar-refractivity contribution in [2.75, 3.05) is 6.54 Å². The Balaban J connectivity index is 1.99. The predicted octanol–water partition coefficient (Wildman–Crippen LogP) is 3.41. The fourth-order valence-corrected chi connectivity index (χ4v) is 3.10. The topological polar surface area (TPSA) is 29.3 Å². The van der Waals surface area contributed by atoms with Gasteiger partial charge in [-0.25, -0.2) is 0 Å². The summed E-state index contributed by atoms with van der Waals surface area (Å²) in [5.74, 6) is 0.722. The zero-order valence-corrected chi connectivity index (χ0v) is 12.4. The van der Waals surface area contributed by atoms with E-state index in [0.29, 0.717) is 6.04 Å². The molecule has 1 aliphatic rings. The van der Waals surface area contributed by atoms with E-state index in [4.69, 9.17) is 5.73 Å². The van der Waals surface area contributed by atoms with Crippen LogP contribution in [0.25, 0.3) is 0 Å². The van der Waals surface area contributed by atoms with Crippen molar-refractivity contribution in [2.45, 2.75) is 58.2 Å². The minimum atomic E-state index is 0.439. The summed E-state index contributed by atoms with van der Waals surface area (Å²) in [6.45, 7) is 6.90. The van der Waals surface area contributed by atoms with Crippen molar-refractivity contribution in [3.8, 4) is 0 Å². The molecule has 0 unspecified atom stereocenters. The van der Waals surface area contributed by atoms with Crippen molar-refractivity contribution in [1.82, 2.24) is 4.90 Å². The molecular weight excluding hydrogens is 232 g/mol. The van der Waals surface area contributed by atoms with Crippen molar-refractivity contribution < 1.29 is 0 Å². The number of hydrogen-bond donors (Lipinski definition) is 1. The highest BCUT2D eigenvalue weighted by Gasteiger charge is 2.24. The molecule has 0 aliphatic heterocycles. The van der Waals surface area contributed by atoms with E-state index >= 15 is 0 Å². The molecule has 0 atom stereocenters. The lowest BCUT2D eigenvalue weighted by Crippen LogP contribution is -2.42. The van der Waals surface area contributed by atoms with Crippen molar-refractivity contribution in [3.05, 3.63) is 35.9 Å². The Morgan fingerprint density at radius 2 is 1.74 bits per heavy atom.